The zero-order chi connectivity index (χ0) is 24.4. The molecule has 1 atom stereocenters. The van der Waals surface area contributed by atoms with E-state index in [0.29, 0.717) is 36.6 Å². The number of hydrogen-bond acceptors (Lipinski definition) is 5. The molecule has 3 heterocycles. The molecule has 1 amide bonds. The normalized spacial score (nSPS) is 17.3. The number of aliphatic hydroxyl groups excluding tert-OH is 1. The van der Waals surface area contributed by atoms with Crippen molar-refractivity contribution in [3.8, 4) is 5.75 Å². The molecule has 5 rings (SSSR count). The van der Waals surface area contributed by atoms with Gasteiger partial charge in [0.15, 0.2) is 0 Å². The lowest BCUT2D eigenvalue weighted by atomic mass is 9.98. The molecular weight excluding hydrogens is 442 g/mol. The van der Waals surface area contributed by atoms with Crippen molar-refractivity contribution >= 4 is 28.4 Å². The fourth-order valence-corrected chi connectivity index (χ4v) is 4.57. The lowest BCUT2D eigenvalue weighted by Crippen LogP contribution is -2.32. The molecule has 1 fully saturated rings. The van der Waals surface area contributed by atoms with Gasteiger partial charge in [0.2, 0.25) is 0 Å². The molecular formula is C28H25N3O4. The second-order valence-electron chi connectivity index (χ2n) is 8.31. The van der Waals surface area contributed by atoms with E-state index in [0.717, 1.165) is 16.5 Å². The second-order valence-corrected chi connectivity index (χ2v) is 8.31. The van der Waals surface area contributed by atoms with Crippen LogP contribution in [0.1, 0.15) is 29.8 Å². The number of amides is 1. The van der Waals surface area contributed by atoms with Gasteiger partial charge in [-0.2, -0.15) is 0 Å². The van der Waals surface area contributed by atoms with E-state index < -0.39 is 17.7 Å². The Kier molecular flexibility index (Phi) is 6.06. The van der Waals surface area contributed by atoms with Crippen molar-refractivity contribution in [2.45, 2.75) is 19.4 Å². The summed E-state index contributed by atoms with van der Waals surface area (Å²) in [4.78, 5) is 35.5. The first-order chi connectivity index (χ1) is 17.1. The molecule has 0 aliphatic carbocycles. The van der Waals surface area contributed by atoms with Crippen molar-refractivity contribution in [3.05, 3.63) is 102 Å². The summed E-state index contributed by atoms with van der Waals surface area (Å²) in [7, 11) is 0. The van der Waals surface area contributed by atoms with Gasteiger partial charge in [-0.1, -0.05) is 24.3 Å². The van der Waals surface area contributed by atoms with Crippen LogP contribution in [-0.2, 0) is 16.0 Å². The SMILES string of the molecule is CCOc1ccc(C(O)=C2C(=O)C(=O)N(CCc3c[nH]c4ccccc34)[C@@H]2c2ccccn2)cc1. The number of ether oxygens (including phenoxy) is 1. The predicted molar refractivity (Wildman–Crippen MR) is 133 cm³/mol. The number of aliphatic hydroxyl groups is 1. The molecule has 2 aromatic heterocycles. The molecule has 1 aliphatic heterocycles. The number of benzene rings is 2. The number of hydrogen-bond donors (Lipinski definition) is 2. The van der Waals surface area contributed by atoms with Gasteiger partial charge in [0, 0.05) is 35.4 Å². The molecule has 1 saturated heterocycles. The summed E-state index contributed by atoms with van der Waals surface area (Å²) in [6.45, 7) is 2.71. The molecule has 7 nitrogen and oxygen atoms in total. The molecule has 176 valence electrons. The minimum absolute atomic E-state index is 0.0387. The number of H-pyrrole nitrogens is 1. The van der Waals surface area contributed by atoms with Crippen molar-refractivity contribution in [3.63, 3.8) is 0 Å². The number of nitrogens with zero attached hydrogens (tertiary/aromatic N) is 2. The Balaban J connectivity index is 1.52. The molecule has 4 aromatic rings. The summed E-state index contributed by atoms with van der Waals surface area (Å²) in [6, 6.07) is 19.3. The van der Waals surface area contributed by atoms with Crippen LogP contribution in [0.2, 0.25) is 0 Å². The van der Waals surface area contributed by atoms with E-state index in [1.54, 1.807) is 48.7 Å². The lowest BCUT2D eigenvalue weighted by Gasteiger charge is -2.24. The monoisotopic (exact) mass is 467 g/mol. The third-order valence-electron chi connectivity index (χ3n) is 6.24. The van der Waals surface area contributed by atoms with Crippen LogP contribution < -0.4 is 4.74 Å². The highest BCUT2D eigenvalue weighted by Gasteiger charge is 2.46. The number of likely N-dealkylation sites (tertiary alicyclic amines) is 1. The number of nitrogens with one attached hydrogen (secondary N) is 1. The van der Waals surface area contributed by atoms with Gasteiger partial charge in [-0.05, 0) is 61.4 Å². The van der Waals surface area contributed by atoms with Crippen LogP contribution in [0.25, 0.3) is 16.7 Å². The maximum Gasteiger partial charge on any atom is 0.295 e. The highest BCUT2D eigenvalue weighted by molar-refractivity contribution is 6.46. The summed E-state index contributed by atoms with van der Waals surface area (Å²) in [5.41, 5.74) is 3.06. The van der Waals surface area contributed by atoms with Gasteiger partial charge in [-0.15, -0.1) is 0 Å². The van der Waals surface area contributed by atoms with E-state index in [4.69, 9.17) is 4.74 Å². The number of rotatable bonds is 7. The van der Waals surface area contributed by atoms with E-state index in [9.17, 15) is 14.7 Å². The molecule has 0 unspecified atom stereocenters. The highest BCUT2D eigenvalue weighted by Crippen LogP contribution is 2.39. The molecule has 2 N–H and O–H groups in total. The van der Waals surface area contributed by atoms with Crippen LogP contribution in [0.5, 0.6) is 5.75 Å². The van der Waals surface area contributed by atoms with Crippen molar-refractivity contribution in [2.24, 2.45) is 0 Å². The Hall–Kier alpha value is -4.39. The quantitative estimate of drug-likeness (QED) is 0.235. The highest BCUT2D eigenvalue weighted by atomic mass is 16.5. The maximum absolute atomic E-state index is 13.2. The van der Waals surface area contributed by atoms with Crippen molar-refractivity contribution in [2.75, 3.05) is 13.2 Å². The van der Waals surface area contributed by atoms with Crippen LogP contribution in [-0.4, -0.2) is 44.8 Å². The largest absolute Gasteiger partial charge is 0.507 e. The van der Waals surface area contributed by atoms with E-state index in [2.05, 4.69) is 9.97 Å². The third-order valence-corrected chi connectivity index (χ3v) is 6.24. The standard InChI is InChI=1S/C28H25N3O4/c1-2-35-20-12-10-18(11-13-20)26(32)24-25(23-9-5-6-15-29-23)31(28(34)27(24)33)16-14-19-17-30-22-8-4-3-7-21(19)22/h3-13,15,17,25,30,32H,2,14,16H2,1H3/t25-/m1/s1. The van der Waals surface area contributed by atoms with E-state index in [-0.39, 0.29) is 11.3 Å². The Morgan fingerprint density at radius 1 is 1.06 bits per heavy atom. The first kappa shape index (κ1) is 22.4. The number of carbonyl (C=O) groups is 2. The number of aromatic amines is 1. The molecule has 1 aliphatic rings. The summed E-state index contributed by atoms with van der Waals surface area (Å²) in [6.07, 6.45) is 4.09. The van der Waals surface area contributed by atoms with Crippen LogP contribution >= 0.6 is 0 Å². The van der Waals surface area contributed by atoms with Gasteiger partial charge in [0.1, 0.15) is 17.6 Å². The second kappa shape index (κ2) is 9.46. The molecule has 2 aromatic carbocycles. The summed E-state index contributed by atoms with van der Waals surface area (Å²) in [5, 5.41) is 12.3. The van der Waals surface area contributed by atoms with Gasteiger partial charge in [-0.3, -0.25) is 14.6 Å². The number of fused-ring (bicyclic) bond motifs is 1. The van der Waals surface area contributed by atoms with Gasteiger partial charge in [0.25, 0.3) is 11.7 Å². The van der Waals surface area contributed by atoms with Crippen LogP contribution in [0, 0.1) is 0 Å². The smallest absolute Gasteiger partial charge is 0.295 e. The Labute approximate surface area is 202 Å². The fourth-order valence-electron chi connectivity index (χ4n) is 4.57. The Morgan fingerprint density at radius 2 is 1.83 bits per heavy atom. The Bertz CT molecular complexity index is 1410. The topological polar surface area (TPSA) is 95.5 Å². The van der Waals surface area contributed by atoms with Gasteiger partial charge in [-0.25, -0.2) is 0 Å². The molecule has 0 bridgehead atoms. The van der Waals surface area contributed by atoms with E-state index in [1.165, 1.54) is 4.90 Å². The minimum atomic E-state index is -0.784. The van der Waals surface area contributed by atoms with E-state index >= 15 is 0 Å². The molecule has 0 radical (unpaired) electrons. The lowest BCUT2D eigenvalue weighted by molar-refractivity contribution is -0.139. The van der Waals surface area contributed by atoms with Crippen LogP contribution in [0.15, 0.2) is 84.7 Å². The zero-order valence-corrected chi connectivity index (χ0v) is 19.3. The summed E-state index contributed by atoms with van der Waals surface area (Å²) in [5.74, 6) is -0.930. The average Bonchev–Trinajstić information content (AvgIpc) is 3.42. The molecule has 35 heavy (non-hydrogen) atoms. The number of Topliss-reactive ketones (excluding diaryl/α,β-unsaturated/α-hetero) is 1. The number of carbonyl (C=O) groups excluding carboxylic acids is 2. The van der Waals surface area contributed by atoms with Crippen LogP contribution in [0.4, 0.5) is 0 Å². The Morgan fingerprint density at radius 3 is 2.57 bits per heavy atom. The first-order valence-corrected chi connectivity index (χ1v) is 11.6. The van der Waals surface area contributed by atoms with Crippen molar-refractivity contribution in [1.29, 1.82) is 0 Å². The number of aromatic nitrogens is 2. The van der Waals surface area contributed by atoms with Crippen molar-refractivity contribution in [1.82, 2.24) is 14.9 Å². The minimum Gasteiger partial charge on any atom is -0.507 e. The third kappa shape index (κ3) is 4.17. The van der Waals surface area contributed by atoms with Crippen molar-refractivity contribution < 1.29 is 19.4 Å². The number of ketones is 1. The molecule has 7 heteroatoms. The molecule has 0 saturated carbocycles. The predicted octanol–water partition coefficient (Wildman–Crippen LogP) is 4.63. The van der Waals surface area contributed by atoms with E-state index in [1.807, 2.05) is 37.4 Å². The van der Waals surface area contributed by atoms with Gasteiger partial charge < -0.3 is 19.7 Å². The summed E-state index contributed by atoms with van der Waals surface area (Å²) >= 11 is 0. The number of pyridine rings is 1. The zero-order valence-electron chi connectivity index (χ0n) is 19.3. The molecule has 0 spiro atoms. The van der Waals surface area contributed by atoms with Gasteiger partial charge >= 0.3 is 0 Å². The first-order valence-electron chi connectivity index (χ1n) is 11.6. The average molecular weight is 468 g/mol. The fraction of sp³-hybridized carbons (Fsp3) is 0.179. The maximum atomic E-state index is 13.2. The van der Waals surface area contributed by atoms with Crippen LogP contribution in [0.3, 0.4) is 0 Å². The van der Waals surface area contributed by atoms with Gasteiger partial charge in [0.05, 0.1) is 17.9 Å². The number of para-hydroxylation sites is 1. The summed E-state index contributed by atoms with van der Waals surface area (Å²) < 4.78 is 5.47.